The molecule has 1 aliphatic heterocycles. The first kappa shape index (κ1) is 36.9. The number of carbonyl (C=O) groups excluding carboxylic acids is 6. The molecule has 264 valence electrons. The number of rotatable bonds is 13. The zero-order chi connectivity index (χ0) is 35.6. The van der Waals surface area contributed by atoms with Gasteiger partial charge in [0.25, 0.3) is 5.91 Å². The molecular weight excluding hydrogens is 614 g/mol. The van der Waals surface area contributed by atoms with Gasteiger partial charge in [-0.25, -0.2) is 4.79 Å². The number of hydrogen-bond acceptors (Lipinski definition) is 7. The Labute approximate surface area is 283 Å². The number of benzene rings is 1. The van der Waals surface area contributed by atoms with E-state index in [2.05, 4.69) is 35.1 Å². The largest absolute Gasteiger partial charge is 0.444 e. The third-order valence-electron chi connectivity index (χ3n) is 9.69. The molecular formula is C36H53N5O7. The fourth-order valence-electron chi connectivity index (χ4n) is 6.65. The van der Waals surface area contributed by atoms with E-state index in [1.54, 1.807) is 20.8 Å². The van der Waals surface area contributed by atoms with Crippen molar-refractivity contribution in [2.75, 3.05) is 13.1 Å². The number of amides is 5. The van der Waals surface area contributed by atoms with Crippen molar-refractivity contribution in [1.82, 2.24) is 26.2 Å². The second-order valence-corrected chi connectivity index (χ2v) is 16.2. The Balaban J connectivity index is 1.45. The Morgan fingerprint density at radius 1 is 0.938 bits per heavy atom. The molecule has 3 fully saturated rings. The van der Waals surface area contributed by atoms with Gasteiger partial charge < -0.3 is 30.9 Å². The first-order valence-electron chi connectivity index (χ1n) is 17.0. The van der Waals surface area contributed by atoms with Gasteiger partial charge in [0.05, 0.1) is 12.6 Å². The molecule has 48 heavy (non-hydrogen) atoms. The van der Waals surface area contributed by atoms with Crippen LogP contribution in [0.1, 0.15) is 86.6 Å². The second-order valence-electron chi connectivity index (χ2n) is 16.2. The summed E-state index contributed by atoms with van der Waals surface area (Å²) in [5, 5.41) is 10.7. The predicted molar refractivity (Wildman–Crippen MR) is 179 cm³/mol. The number of likely N-dealkylation sites (tertiary alicyclic amines) is 1. The topological polar surface area (TPSA) is 163 Å². The van der Waals surface area contributed by atoms with Gasteiger partial charge in [-0.15, -0.1) is 0 Å². The maximum atomic E-state index is 14.1. The van der Waals surface area contributed by atoms with E-state index in [9.17, 15) is 28.8 Å². The highest BCUT2D eigenvalue weighted by Crippen LogP contribution is 2.65. The number of ether oxygens (including phenoxy) is 1. The monoisotopic (exact) mass is 667 g/mol. The molecule has 0 bridgehead atoms. The highest BCUT2D eigenvalue weighted by molar-refractivity contribution is 6.38. The Morgan fingerprint density at radius 3 is 2.17 bits per heavy atom. The third-order valence-corrected chi connectivity index (χ3v) is 9.69. The van der Waals surface area contributed by atoms with Crippen LogP contribution in [-0.2, 0) is 35.3 Å². The van der Waals surface area contributed by atoms with E-state index < -0.39 is 64.6 Å². The lowest BCUT2D eigenvalue weighted by Gasteiger charge is -2.38. The molecule has 1 aromatic carbocycles. The summed E-state index contributed by atoms with van der Waals surface area (Å²) in [7, 11) is 0. The van der Waals surface area contributed by atoms with Gasteiger partial charge in [0.2, 0.25) is 23.5 Å². The second kappa shape index (κ2) is 14.3. The summed E-state index contributed by atoms with van der Waals surface area (Å²) in [5.41, 5.74) is -0.776. The van der Waals surface area contributed by atoms with Crippen LogP contribution >= 0.6 is 0 Å². The lowest BCUT2D eigenvalue weighted by Crippen LogP contribution is -2.60. The Kier molecular flexibility index (Phi) is 11.0. The van der Waals surface area contributed by atoms with Gasteiger partial charge in [-0.1, -0.05) is 77.8 Å². The van der Waals surface area contributed by atoms with Crippen molar-refractivity contribution in [3.8, 4) is 0 Å². The average Bonchev–Trinajstić information content (AvgIpc) is 3.86. The van der Waals surface area contributed by atoms with Crippen LogP contribution in [-0.4, -0.2) is 77.2 Å². The first-order chi connectivity index (χ1) is 22.3. The van der Waals surface area contributed by atoms with E-state index in [1.165, 1.54) is 4.90 Å². The molecule has 12 heteroatoms. The fourth-order valence-corrected chi connectivity index (χ4v) is 6.65. The van der Waals surface area contributed by atoms with Gasteiger partial charge >= 0.3 is 6.09 Å². The smallest absolute Gasteiger partial charge is 0.408 e. The lowest BCUT2D eigenvalue weighted by molar-refractivity contribution is -0.145. The van der Waals surface area contributed by atoms with Crippen molar-refractivity contribution in [2.24, 2.45) is 28.6 Å². The zero-order valence-electron chi connectivity index (χ0n) is 29.6. The van der Waals surface area contributed by atoms with Crippen molar-refractivity contribution < 1.29 is 33.5 Å². The quantitative estimate of drug-likeness (QED) is 0.235. The number of fused-ring (bicyclic) bond motifs is 1. The maximum absolute atomic E-state index is 14.1. The van der Waals surface area contributed by atoms with E-state index in [1.807, 2.05) is 51.1 Å². The molecule has 0 radical (unpaired) electrons. The van der Waals surface area contributed by atoms with Crippen molar-refractivity contribution in [1.29, 1.82) is 0 Å². The number of piperidine rings is 1. The van der Waals surface area contributed by atoms with E-state index >= 15 is 0 Å². The highest BCUT2D eigenvalue weighted by atomic mass is 16.6. The van der Waals surface area contributed by atoms with Crippen LogP contribution in [0.5, 0.6) is 0 Å². The molecule has 1 heterocycles. The minimum atomic E-state index is -1.11. The lowest BCUT2D eigenvalue weighted by atomic mass is 9.85. The normalized spacial score (nSPS) is 22.4. The van der Waals surface area contributed by atoms with Crippen molar-refractivity contribution in [2.45, 2.75) is 111 Å². The van der Waals surface area contributed by atoms with E-state index in [0.717, 1.165) is 18.4 Å². The number of carbonyl (C=O) groups is 6. The molecule has 4 N–H and O–H groups in total. The number of hydrogen-bond donors (Lipinski definition) is 4. The predicted octanol–water partition coefficient (Wildman–Crippen LogP) is 3.09. The molecule has 5 atom stereocenters. The first-order valence-corrected chi connectivity index (χ1v) is 17.0. The van der Waals surface area contributed by atoms with Gasteiger partial charge in [0, 0.05) is 13.1 Å². The summed E-state index contributed by atoms with van der Waals surface area (Å²) in [5.74, 6) is -2.79. The molecule has 12 nitrogen and oxygen atoms in total. The van der Waals surface area contributed by atoms with Crippen LogP contribution in [0.4, 0.5) is 4.79 Å². The highest BCUT2D eigenvalue weighted by Gasteiger charge is 2.70. The minimum absolute atomic E-state index is 0.0673. The molecule has 1 saturated heterocycles. The minimum Gasteiger partial charge on any atom is -0.444 e. The molecule has 0 spiro atoms. The number of nitrogens with zero attached hydrogens (tertiary/aromatic N) is 1. The molecule has 4 rings (SSSR count). The van der Waals surface area contributed by atoms with Crippen LogP contribution in [0.3, 0.4) is 0 Å². The van der Waals surface area contributed by atoms with Crippen molar-refractivity contribution in [3.63, 3.8) is 0 Å². The molecule has 0 aromatic heterocycles. The van der Waals surface area contributed by atoms with Crippen LogP contribution < -0.4 is 21.3 Å². The summed E-state index contributed by atoms with van der Waals surface area (Å²) < 4.78 is 5.43. The van der Waals surface area contributed by atoms with Crippen LogP contribution in [0.15, 0.2) is 30.3 Å². The summed E-state index contributed by atoms with van der Waals surface area (Å²) in [6, 6.07) is 6.33. The molecule has 2 aliphatic carbocycles. The average molecular weight is 668 g/mol. The summed E-state index contributed by atoms with van der Waals surface area (Å²) >= 11 is 0. The molecule has 3 aliphatic rings. The standard InChI is InChI=1S/C36H53N5O7/c1-34(2,3)29(40-33(47)48-35(4,5)6)32(46)41-20-23-26(36(23,7)8)27(41)30(44)39-24(17-16-21-14-15-21)28(43)31(45)38-19-25(42)37-18-22-12-10-9-11-13-22/h9-13,21,23-24,26-27,29H,14-20H2,1-8H3,(H,37,42)(H,38,45)(H,39,44)(H,40,47)/t23?,24?,26-,27?,29+/m0/s1. The maximum Gasteiger partial charge on any atom is 0.408 e. The van der Waals surface area contributed by atoms with E-state index in [-0.39, 0.29) is 36.8 Å². The number of alkyl carbamates (subject to hydrolysis) is 1. The van der Waals surface area contributed by atoms with Crippen LogP contribution in [0.25, 0.3) is 0 Å². The van der Waals surface area contributed by atoms with Crippen molar-refractivity contribution >= 4 is 35.5 Å². The molecule has 1 aromatic rings. The molecule has 3 unspecified atom stereocenters. The fraction of sp³-hybridized carbons (Fsp3) is 0.667. The van der Waals surface area contributed by atoms with Crippen LogP contribution in [0.2, 0.25) is 0 Å². The van der Waals surface area contributed by atoms with Gasteiger partial charge in [-0.3, -0.25) is 24.0 Å². The number of ketones is 1. The SMILES string of the molecule is CC(C)(C)OC(=O)N[C@H](C(=O)N1CC2[C@@H](C1C(=O)NC(CCC1CC1)C(=O)C(=O)NCC(=O)NCc1ccccc1)C2(C)C)C(C)(C)C. The Bertz CT molecular complexity index is 1390. The molecule has 5 amide bonds. The van der Waals surface area contributed by atoms with Gasteiger partial charge in [0.15, 0.2) is 0 Å². The third kappa shape index (κ3) is 9.35. The number of nitrogens with one attached hydrogen (secondary N) is 4. The zero-order valence-corrected chi connectivity index (χ0v) is 29.6. The van der Waals surface area contributed by atoms with E-state index in [0.29, 0.717) is 18.9 Å². The van der Waals surface area contributed by atoms with Crippen LogP contribution in [0, 0.1) is 28.6 Å². The summed E-state index contributed by atoms with van der Waals surface area (Å²) in [6.45, 7) is 15.0. The van der Waals surface area contributed by atoms with Gasteiger partial charge in [0.1, 0.15) is 17.7 Å². The summed E-state index contributed by atoms with van der Waals surface area (Å²) in [6.07, 6.45) is 2.27. The van der Waals surface area contributed by atoms with E-state index in [4.69, 9.17) is 4.74 Å². The molecule has 2 saturated carbocycles. The Morgan fingerprint density at radius 2 is 1.58 bits per heavy atom. The van der Waals surface area contributed by atoms with Gasteiger partial charge in [-0.2, -0.15) is 0 Å². The number of Topliss-reactive ketones (excluding diaryl/α,β-unsaturated/α-hetero) is 1. The Hall–Kier alpha value is -3.96. The van der Waals surface area contributed by atoms with Gasteiger partial charge in [-0.05, 0) is 67.8 Å². The summed E-state index contributed by atoms with van der Waals surface area (Å²) in [4.78, 5) is 81.3. The van der Waals surface area contributed by atoms with Crippen molar-refractivity contribution in [3.05, 3.63) is 35.9 Å².